The molecule has 1 N–H and O–H groups in total. The van der Waals surface area contributed by atoms with Crippen LogP contribution < -0.4 is 14.8 Å². The molecule has 0 bridgehead atoms. The zero-order chi connectivity index (χ0) is 15.9. The average Bonchev–Trinajstić information content (AvgIpc) is 2.62. The van der Waals surface area contributed by atoms with E-state index in [1.807, 2.05) is 49.4 Å². The molecule has 0 radical (unpaired) electrons. The van der Waals surface area contributed by atoms with Gasteiger partial charge in [-0.1, -0.05) is 30.3 Å². The molecule has 2 atom stereocenters. The summed E-state index contributed by atoms with van der Waals surface area (Å²) in [7, 11) is 0. The lowest BCUT2D eigenvalue weighted by Gasteiger charge is -2.31. The van der Waals surface area contributed by atoms with E-state index in [4.69, 9.17) is 14.2 Å². The Labute approximate surface area is 149 Å². The van der Waals surface area contributed by atoms with Crippen molar-refractivity contribution in [2.24, 2.45) is 0 Å². The Morgan fingerprint density at radius 1 is 0.958 bits per heavy atom. The molecule has 1 fully saturated rings. The highest BCUT2D eigenvalue weighted by Gasteiger charge is 2.23. The number of halogens is 1. The normalized spacial score (nSPS) is 20.0. The van der Waals surface area contributed by atoms with Crippen molar-refractivity contribution in [1.29, 1.82) is 0 Å². The van der Waals surface area contributed by atoms with Crippen molar-refractivity contribution in [3.05, 3.63) is 60.2 Å². The maximum absolute atomic E-state index is 6.14. The largest absolute Gasteiger partial charge is 0.494 e. The highest BCUT2D eigenvalue weighted by Crippen LogP contribution is 2.22. The first-order valence-electron chi connectivity index (χ1n) is 8.12. The van der Waals surface area contributed by atoms with Gasteiger partial charge in [0.1, 0.15) is 24.2 Å². The summed E-state index contributed by atoms with van der Waals surface area (Å²) in [4.78, 5) is 0. The predicted octanol–water partition coefficient (Wildman–Crippen LogP) is 3.62. The zero-order valence-electron chi connectivity index (χ0n) is 13.8. The Morgan fingerprint density at radius 3 is 2.29 bits per heavy atom. The topological polar surface area (TPSA) is 39.7 Å². The van der Waals surface area contributed by atoms with Crippen LogP contribution in [-0.2, 0) is 4.74 Å². The van der Waals surface area contributed by atoms with Crippen molar-refractivity contribution in [2.45, 2.75) is 19.1 Å². The van der Waals surface area contributed by atoms with Crippen molar-refractivity contribution in [3.63, 3.8) is 0 Å². The lowest BCUT2D eigenvalue weighted by atomic mass is 10.1. The van der Waals surface area contributed by atoms with Gasteiger partial charge >= 0.3 is 0 Å². The summed E-state index contributed by atoms with van der Waals surface area (Å²) >= 11 is 0. The van der Waals surface area contributed by atoms with E-state index in [9.17, 15) is 0 Å². The van der Waals surface area contributed by atoms with Crippen LogP contribution in [-0.4, -0.2) is 32.4 Å². The quantitative estimate of drug-likeness (QED) is 0.864. The molecule has 1 aliphatic rings. The molecule has 0 unspecified atom stereocenters. The van der Waals surface area contributed by atoms with Crippen LogP contribution >= 0.6 is 12.4 Å². The van der Waals surface area contributed by atoms with Crippen LogP contribution in [0, 0.1) is 0 Å². The number of hydrogen-bond donors (Lipinski definition) is 1. The van der Waals surface area contributed by atoms with E-state index in [-0.39, 0.29) is 24.6 Å². The van der Waals surface area contributed by atoms with E-state index in [1.165, 1.54) is 5.56 Å². The smallest absolute Gasteiger partial charge is 0.119 e. The molecule has 0 aliphatic carbocycles. The van der Waals surface area contributed by atoms with Gasteiger partial charge in [0, 0.05) is 13.1 Å². The summed E-state index contributed by atoms with van der Waals surface area (Å²) in [5, 5.41) is 3.42. The number of rotatable bonds is 6. The fourth-order valence-corrected chi connectivity index (χ4v) is 2.65. The molecule has 5 heteroatoms. The minimum Gasteiger partial charge on any atom is -0.494 e. The maximum atomic E-state index is 6.14. The third-order valence-corrected chi connectivity index (χ3v) is 3.80. The standard InChI is InChI=1S/C19H23NO3.ClH/c1-2-21-16-8-10-17(11-9-16)22-14-18-12-20-13-19(23-18)15-6-4-3-5-7-15;/h3-11,18-20H,2,12-14H2,1H3;1H/t18-,19-;/m0./s1. The monoisotopic (exact) mass is 349 g/mol. The summed E-state index contributed by atoms with van der Waals surface area (Å²) in [5.41, 5.74) is 1.20. The van der Waals surface area contributed by atoms with Crippen molar-refractivity contribution >= 4 is 12.4 Å². The van der Waals surface area contributed by atoms with Gasteiger partial charge in [-0.2, -0.15) is 0 Å². The van der Waals surface area contributed by atoms with Crippen LogP contribution in [0.5, 0.6) is 11.5 Å². The number of morpholine rings is 1. The number of ether oxygens (including phenoxy) is 3. The lowest BCUT2D eigenvalue weighted by Crippen LogP contribution is -2.43. The molecule has 0 saturated carbocycles. The second kappa shape index (κ2) is 9.52. The van der Waals surface area contributed by atoms with Gasteiger partial charge in [0.2, 0.25) is 0 Å². The lowest BCUT2D eigenvalue weighted by molar-refractivity contribution is -0.0574. The van der Waals surface area contributed by atoms with Crippen molar-refractivity contribution in [2.75, 3.05) is 26.3 Å². The second-order valence-corrected chi connectivity index (χ2v) is 5.53. The fourth-order valence-electron chi connectivity index (χ4n) is 2.65. The third-order valence-electron chi connectivity index (χ3n) is 3.80. The molecule has 4 nitrogen and oxygen atoms in total. The van der Waals surface area contributed by atoms with Crippen LogP contribution in [0.15, 0.2) is 54.6 Å². The van der Waals surface area contributed by atoms with Crippen molar-refractivity contribution in [1.82, 2.24) is 5.32 Å². The predicted molar refractivity (Wildman–Crippen MR) is 97.3 cm³/mol. The third kappa shape index (κ3) is 5.13. The van der Waals surface area contributed by atoms with Crippen LogP contribution in [0.3, 0.4) is 0 Å². The minimum absolute atomic E-state index is 0. The number of nitrogens with one attached hydrogen (secondary N) is 1. The molecule has 2 aromatic carbocycles. The average molecular weight is 350 g/mol. The summed E-state index contributed by atoms with van der Waals surface area (Å²) in [6.45, 7) is 4.82. The molecule has 130 valence electrons. The molecule has 0 aromatic heterocycles. The Balaban J connectivity index is 0.00000208. The molecular formula is C19H24ClNO3. The Hall–Kier alpha value is -1.75. The van der Waals surface area contributed by atoms with Gasteiger partial charge < -0.3 is 19.5 Å². The van der Waals surface area contributed by atoms with Crippen molar-refractivity contribution in [3.8, 4) is 11.5 Å². The highest BCUT2D eigenvalue weighted by atomic mass is 35.5. The van der Waals surface area contributed by atoms with Crippen LogP contribution in [0.4, 0.5) is 0 Å². The molecule has 0 spiro atoms. The van der Waals surface area contributed by atoms with Gasteiger partial charge in [-0.15, -0.1) is 12.4 Å². The van der Waals surface area contributed by atoms with E-state index in [2.05, 4.69) is 17.4 Å². The number of hydrogen-bond acceptors (Lipinski definition) is 4. The van der Waals surface area contributed by atoms with E-state index < -0.39 is 0 Å². The molecule has 0 amide bonds. The maximum Gasteiger partial charge on any atom is 0.119 e. The van der Waals surface area contributed by atoms with Gasteiger partial charge in [-0.25, -0.2) is 0 Å². The Kier molecular flexibility index (Phi) is 7.37. The van der Waals surface area contributed by atoms with Gasteiger partial charge in [0.05, 0.1) is 12.7 Å². The van der Waals surface area contributed by atoms with Gasteiger partial charge in [0.15, 0.2) is 0 Å². The Morgan fingerprint density at radius 2 is 1.62 bits per heavy atom. The summed E-state index contributed by atoms with van der Waals surface area (Å²) < 4.78 is 17.4. The van der Waals surface area contributed by atoms with Gasteiger partial charge in [0.25, 0.3) is 0 Å². The summed E-state index contributed by atoms with van der Waals surface area (Å²) in [6.07, 6.45) is 0.124. The fraction of sp³-hybridized carbons (Fsp3) is 0.368. The molecule has 3 rings (SSSR count). The summed E-state index contributed by atoms with van der Waals surface area (Å²) in [5.74, 6) is 1.69. The molecule has 2 aromatic rings. The van der Waals surface area contributed by atoms with Crippen LogP contribution in [0.2, 0.25) is 0 Å². The first-order chi connectivity index (χ1) is 11.3. The van der Waals surface area contributed by atoms with E-state index in [0.29, 0.717) is 13.2 Å². The van der Waals surface area contributed by atoms with E-state index >= 15 is 0 Å². The Bertz CT molecular complexity index is 591. The molecule has 1 heterocycles. The molecule has 24 heavy (non-hydrogen) atoms. The minimum atomic E-state index is 0. The van der Waals surface area contributed by atoms with E-state index in [0.717, 1.165) is 24.6 Å². The highest BCUT2D eigenvalue weighted by molar-refractivity contribution is 5.85. The second-order valence-electron chi connectivity index (χ2n) is 5.53. The van der Waals surface area contributed by atoms with Crippen LogP contribution in [0.25, 0.3) is 0 Å². The summed E-state index contributed by atoms with van der Waals surface area (Å²) in [6, 6.07) is 18.0. The molecule has 1 aliphatic heterocycles. The molecular weight excluding hydrogens is 326 g/mol. The van der Waals surface area contributed by atoms with Gasteiger partial charge in [-0.3, -0.25) is 0 Å². The number of benzene rings is 2. The SMILES string of the molecule is CCOc1ccc(OC[C@@H]2CNC[C@@H](c3ccccc3)O2)cc1.Cl. The van der Waals surface area contributed by atoms with Crippen molar-refractivity contribution < 1.29 is 14.2 Å². The van der Waals surface area contributed by atoms with Gasteiger partial charge in [-0.05, 0) is 36.8 Å². The first-order valence-corrected chi connectivity index (χ1v) is 8.12. The van der Waals surface area contributed by atoms with Crippen LogP contribution in [0.1, 0.15) is 18.6 Å². The van der Waals surface area contributed by atoms with E-state index in [1.54, 1.807) is 0 Å². The zero-order valence-corrected chi connectivity index (χ0v) is 14.6. The molecule has 1 saturated heterocycles. The first kappa shape index (κ1) is 18.6.